The molecule has 0 amide bonds. The zero-order valence-corrected chi connectivity index (χ0v) is 16.1. The van der Waals surface area contributed by atoms with E-state index in [0.717, 1.165) is 33.3 Å². The van der Waals surface area contributed by atoms with Crippen molar-refractivity contribution in [1.82, 2.24) is 0 Å². The summed E-state index contributed by atoms with van der Waals surface area (Å²) in [6.07, 6.45) is 10.5. The van der Waals surface area contributed by atoms with Crippen LogP contribution in [0.4, 0.5) is 0 Å². The van der Waals surface area contributed by atoms with Gasteiger partial charge in [-0.15, -0.1) is 0 Å². The molecule has 0 saturated heterocycles. The lowest BCUT2D eigenvalue weighted by Gasteiger charge is -2.11. The quantitative estimate of drug-likeness (QED) is 0.433. The van der Waals surface area contributed by atoms with Gasteiger partial charge in [-0.1, -0.05) is 51.9 Å². The first kappa shape index (κ1) is 19.0. The van der Waals surface area contributed by atoms with E-state index in [4.69, 9.17) is 10.5 Å². The summed E-state index contributed by atoms with van der Waals surface area (Å²) in [4.78, 5) is 0. The van der Waals surface area contributed by atoms with Crippen molar-refractivity contribution in [3.63, 3.8) is 0 Å². The summed E-state index contributed by atoms with van der Waals surface area (Å²) in [6, 6.07) is 4.04. The summed E-state index contributed by atoms with van der Waals surface area (Å²) >= 11 is 7.09. The van der Waals surface area contributed by atoms with Crippen LogP contribution in [-0.2, 0) is 6.54 Å². The summed E-state index contributed by atoms with van der Waals surface area (Å²) in [7, 11) is 0. The van der Waals surface area contributed by atoms with Gasteiger partial charge in [0.15, 0.2) is 0 Å². The highest BCUT2D eigenvalue weighted by atomic mass is 79.9. The zero-order valence-electron chi connectivity index (χ0n) is 13.0. The number of ether oxygens (including phenoxy) is 1. The van der Waals surface area contributed by atoms with E-state index in [1.54, 1.807) is 0 Å². The van der Waals surface area contributed by atoms with Crippen LogP contribution >= 0.6 is 31.9 Å². The van der Waals surface area contributed by atoms with Gasteiger partial charge in [0.05, 0.1) is 15.6 Å². The van der Waals surface area contributed by atoms with E-state index in [1.165, 1.54) is 44.9 Å². The predicted octanol–water partition coefficient (Wildman–Crippen LogP) is 6.19. The lowest BCUT2D eigenvalue weighted by molar-refractivity contribution is 0.300. The first-order valence-corrected chi connectivity index (χ1v) is 9.58. The second-order valence-corrected chi connectivity index (χ2v) is 7.12. The fourth-order valence-electron chi connectivity index (χ4n) is 2.28. The lowest BCUT2D eigenvalue weighted by Crippen LogP contribution is -2.01. The standard InChI is InChI=1S/C17H27Br2NO/c1-2-3-4-5-6-7-8-9-10-21-17-15(18)11-14(13-20)12-16(17)19/h11-12H,2-10,13,20H2,1H3. The van der Waals surface area contributed by atoms with E-state index in [0.29, 0.717) is 6.54 Å². The SMILES string of the molecule is CCCCCCCCCCOc1c(Br)cc(CN)cc1Br. The van der Waals surface area contributed by atoms with Crippen LogP contribution in [0.2, 0.25) is 0 Å². The average molecular weight is 421 g/mol. The van der Waals surface area contributed by atoms with Crippen molar-refractivity contribution in [3.8, 4) is 5.75 Å². The molecule has 0 bridgehead atoms. The first-order chi connectivity index (χ1) is 10.2. The fourth-order valence-corrected chi connectivity index (χ4v) is 3.79. The molecule has 2 N–H and O–H groups in total. The molecule has 4 heteroatoms. The van der Waals surface area contributed by atoms with Gasteiger partial charge in [0.25, 0.3) is 0 Å². The third-order valence-electron chi connectivity index (χ3n) is 3.54. The smallest absolute Gasteiger partial charge is 0.147 e. The lowest BCUT2D eigenvalue weighted by atomic mass is 10.1. The van der Waals surface area contributed by atoms with E-state index < -0.39 is 0 Å². The molecule has 0 spiro atoms. The van der Waals surface area contributed by atoms with E-state index in [-0.39, 0.29) is 0 Å². The molecular weight excluding hydrogens is 394 g/mol. The number of benzene rings is 1. The molecule has 0 heterocycles. The Morgan fingerprint density at radius 1 is 0.905 bits per heavy atom. The van der Waals surface area contributed by atoms with Gasteiger partial charge in [0.1, 0.15) is 5.75 Å². The van der Waals surface area contributed by atoms with Gasteiger partial charge >= 0.3 is 0 Å². The Hall–Kier alpha value is -0.0600. The third-order valence-corrected chi connectivity index (χ3v) is 4.72. The minimum Gasteiger partial charge on any atom is -0.491 e. The maximum Gasteiger partial charge on any atom is 0.147 e. The Balaban J connectivity index is 2.18. The van der Waals surface area contributed by atoms with Crippen LogP contribution in [0.15, 0.2) is 21.1 Å². The van der Waals surface area contributed by atoms with Crippen molar-refractivity contribution < 1.29 is 4.74 Å². The molecule has 0 aliphatic carbocycles. The maximum atomic E-state index is 5.88. The highest BCUT2D eigenvalue weighted by Gasteiger charge is 2.08. The number of nitrogens with two attached hydrogens (primary N) is 1. The number of hydrogen-bond donors (Lipinski definition) is 1. The van der Waals surface area contributed by atoms with Gasteiger partial charge < -0.3 is 10.5 Å². The molecule has 2 nitrogen and oxygen atoms in total. The van der Waals surface area contributed by atoms with Crippen molar-refractivity contribution in [2.45, 2.75) is 64.8 Å². The van der Waals surface area contributed by atoms with Crippen LogP contribution in [0, 0.1) is 0 Å². The molecule has 0 unspecified atom stereocenters. The summed E-state index contributed by atoms with van der Waals surface area (Å²) in [5.74, 6) is 0.884. The summed E-state index contributed by atoms with van der Waals surface area (Å²) in [6.45, 7) is 3.57. The molecule has 0 fully saturated rings. The number of unbranched alkanes of at least 4 members (excludes halogenated alkanes) is 7. The monoisotopic (exact) mass is 419 g/mol. The molecule has 1 aromatic rings. The van der Waals surface area contributed by atoms with Gasteiger partial charge in [-0.3, -0.25) is 0 Å². The Morgan fingerprint density at radius 3 is 1.95 bits per heavy atom. The molecule has 1 rings (SSSR count). The van der Waals surface area contributed by atoms with Crippen LogP contribution in [0.3, 0.4) is 0 Å². The Bertz CT molecular complexity index is 387. The average Bonchev–Trinajstić information content (AvgIpc) is 2.47. The molecule has 0 aliphatic rings. The number of hydrogen-bond acceptors (Lipinski definition) is 2. The normalized spacial score (nSPS) is 10.9. The minimum atomic E-state index is 0.537. The van der Waals surface area contributed by atoms with Crippen molar-refractivity contribution in [1.29, 1.82) is 0 Å². The van der Waals surface area contributed by atoms with Crippen molar-refractivity contribution >= 4 is 31.9 Å². The van der Waals surface area contributed by atoms with Crippen LogP contribution < -0.4 is 10.5 Å². The van der Waals surface area contributed by atoms with Crippen LogP contribution in [0.5, 0.6) is 5.75 Å². The van der Waals surface area contributed by atoms with Gasteiger partial charge in [-0.05, 0) is 56.0 Å². The van der Waals surface area contributed by atoms with E-state index >= 15 is 0 Å². The Morgan fingerprint density at radius 2 is 1.43 bits per heavy atom. The van der Waals surface area contributed by atoms with Crippen molar-refractivity contribution in [2.24, 2.45) is 5.73 Å². The Kier molecular flexibility index (Phi) is 10.4. The van der Waals surface area contributed by atoms with Crippen LogP contribution in [0.25, 0.3) is 0 Å². The maximum absolute atomic E-state index is 5.88. The fraction of sp³-hybridized carbons (Fsp3) is 0.647. The second kappa shape index (κ2) is 11.5. The summed E-state index contributed by atoms with van der Waals surface area (Å²) < 4.78 is 7.82. The van der Waals surface area contributed by atoms with E-state index in [9.17, 15) is 0 Å². The van der Waals surface area contributed by atoms with E-state index in [2.05, 4.69) is 38.8 Å². The number of rotatable bonds is 11. The third kappa shape index (κ3) is 7.66. The van der Waals surface area contributed by atoms with E-state index in [1.807, 2.05) is 12.1 Å². The van der Waals surface area contributed by atoms with Crippen molar-refractivity contribution in [3.05, 3.63) is 26.6 Å². The molecule has 0 aromatic heterocycles. The number of halogens is 2. The highest BCUT2D eigenvalue weighted by Crippen LogP contribution is 2.34. The van der Waals surface area contributed by atoms with Crippen molar-refractivity contribution in [2.75, 3.05) is 6.61 Å². The second-order valence-electron chi connectivity index (χ2n) is 5.42. The minimum absolute atomic E-state index is 0.537. The van der Waals surface area contributed by atoms with Gasteiger partial charge in [0.2, 0.25) is 0 Å². The summed E-state index contributed by atoms with van der Waals surface area (Å²) in [5, 5.41) is 0. The van der Waals surface area contributed by atoms with Crippen LogP contribution in [0.1, 0.15) is 63.9 Å². The van der Waals surface area contributed by atoms with Gasteiger partial charge in [-0.2, -0.15) is 0 Å². The molecule has 0 saturated carbocycles. The molecule has 0 radical (unpaired) electrons. The first-order valence-electron chi connectivity index (χ1n) is 7.99. The van der Waals surface area contributed by atoms with Crippen LogP contribution in [-0.4, -0.2) is 6.61 Å². The highest BCUT2D eigenvalue weighted by molar-refractivity contribution is 9.11. The largest absolute Gasteiger partial charge is 0.491 e. The Labute approximate surface area is 146 Å². The summed E-state index contributed by atoms with van der Waals surface area (Å²) in [5.41, 5.74) is 6.74. The molecule has 21 heavy (non-hydrogen) atoms. The topological polar surface area (TPSA) is 35.2 Å². The molecule has 1 aromatic carbocycles. The molecule has 120 valence electrons. The zero-order chi connectivity index (χ0) is 15.5. The molecule has 0 aliphatic heterocycles. The predicted molar refractivity (Wildman–Crippen MR) is 97.8 cm³/mol. The van der Waals surface area contributed by atoms with Gasteiger partial charge in [-0.25, -0.2) is 0 Å². The molecular formula is C17H27Br2NO. The molecule has 0 atom stereocenters. The van der Waals surface area contributed by atoms with Gasteiger partial charge in [0, 0.05) is 6.54 Å².